The minimum absolute atomic E-state index is 0.116. The molecule has 118 valence electrons. The molecule has 0 atom stereocenters. The third-order valence-corrected chi connectivity index (χ3v) is 4.39. The van der Waals surface area contributed by atoms with Crippen molar-refractivity contribution < 1.29 is 4.79 Å². The lowest BCUT2D eigenvalue weighted by molar-refractivity contribution is -0.134. The molecule has 1 heterocycles. The molecule has 0 radical (unpaired) electrons. The largest absolute Gasteiger partial charge is 0.334 e. The lowest BCUT2D eigenvalue weighted by Crippen LogP contribution is -2.38. The molecule has 0 unspecified atom stereocenters. The van der Waals surface area contributed by atoms with E-state index >= 15 is 0 Å². The minimum atomic E-state index is 0.116. The second-order valence-corrected chi connectivity index (χ2v) is 6.45. The van der Waals surface area contributed by atoms with Crippen molar-refractivity contribution >= 4 is 17.7 Å². The summed E-state index contributed by atoms with van der Waals surface area (Å²) in [5.41, 5.74) is 1.16. The summed E-state index contributed by atoms with van der Waals surface area (Å²) in [4.78, 5) is 19.9. The van der Waals surface area contributed by atoms with Crippen LogP contribution in [0.4, 0.5) is 0 Å². The molecule has 0 bridgehead atoms. The predicted molar refractivity (Wildman–Crippen MR) is 90.9 cm³/mol. The first-order valence-electron chi connectivity index (χ1n) is 7.41. The third-order valence-electron chi connectivity index (χ3n) is 3.66. The quantitative estimate of drug-likeness (QED) is 0.767. The summed E-state index contributed by atoms with van der Waals surface area (Å²) in [5, 5.41) is 0. The van der Waals surface area contributed by atoms with E-state index in [4.69, 9.17) is 0 Å². The van der Waals surface area contributed by atoms with Crippen molar-refractivity contribution in [2.24, 2.45) is 0 Å². The Morgan fingerprint density at radius 1 is 1.41 bits per heavy atom. The van der Waals surface area contributed by atoms with Gasteiger partial charge in [0.1, 0.15) is 12.4 Å². The molecule has 0 aliphatic rings. The molecule has 2 aromatic rings. The van der Waals surface area contributed by atoms with Gasteiger partial charge in [-0.2, -0.15) is 0 Å². The van der Waals surface area contributed by atoms with Crippen molar-refractivity contribution in [3.63, 3.8) is 0 Å². The van der Waals surface area contributed by atoms with Crippen LogP contribution in [-0.2, 0) is 17.9 Å². The lowest BCUT2D eigenvalue weighted by Gasteiger charge is -2.27. The molecular weight excluding hydrogens is 294 g/mol. The van der Waals surface area contributed by atoms with Gasteiger partial charge < -0.3 is 9.47 Å². The van der Waals surface area contributed by atoms with Gasteiger partial charge in [0.15, 0.2) is 0 Å². The van der Waals surface area contributed by atoms with E-state index < -0.39 is 0 Å². The molecule has 0 N–H and O–H groups in total. The number of carbonyl (C=O) groups is 1. The number of carbonyl (C=O) groups excluding carboxylic acids is 1. The summed E-state index contributed by atoms with van der Waals surface area (Å²) in [5.74, 6) is 0.979. The molecule has 1 amide bonds. The summed E-state index contributed by atoms with van der Waals surface area (Å²) in [7, 11) is 0. The van der Waals surface area contributed by atoms with Crippen LogP contribution in [0.2, 0.25) is 0 Å². The number of aryl methyl sites for hydroxylation is 1. The van der Waals surface area contributed by atoms with Crippen molar-refractivity contribution in [3.8, 4) is 0 Å². The highest BCUT2D eigenvalue weighted by molar-refractivity contribution is 7.98. The molecule has 0 saturated heterocycles. The fraction of sp³-hybridized carbons (Fsp3) is 0.412. The van der Waals surface area contributed by atoms with Crippen molar-refractivity contribution in [3.05, 3.63) is 48.0 Å². The van der Waals surface area contributed by atoms with E-state index in [1.807, 2.05) is 28.7 Å². The maximum absolute atomic E-state index is 12.6. The average molecular weight is 317 g/mol. The lowest BCUT2D eigenvalue weighted by atomic mass is 10.2. The molecule has 0 saturated carbocycles. The van der Waals surface area contributed by atoms with Crippen molar-refractivity contribution in [1.29, 1.82) is 0 Å². The SMILES string of the molecule is CSc1cccc(CN(C(=O)Cn2ccnc2C)C(C)C)c1. The Morgan fingerprint density at radius 2 is 2.18 bits per heavy atom. The van der Waals surface area contributed by atoms with Crippen LogP contribution in [0.25, 0.3) is 0 Å². The Morgan fingerprint density at radius 3 is 2.77 bits per heavy atom. The fourth-order valence-electron chi connectivity index (χ4n) is 2.33. The maximum atomic E-state index is 12.6. The smallest absolute Gasteiger partial charge is 0.243 e. The zero-order chi connectivity index (χ0) is 16.1. The van der Waals surface area contributed by atoms with Gasteiger partial charge in [-0.1, -0.05) is 12.1 Å². The Labute approximate surface area is 136 Å². The van der Waals surface area contributed by atoms with E-state index in [9.17, 15) is 4.79 Å². The minimum Gasteiger partial charge on any atom is -0.334 e. The molecule has 5 heteroatoms. The van der Waals surface area contributed by atoms with Crippen LogP contribution in [0.15, 0.2) is 41.6 Å². The van der Waals surface area contributed by atoms with Crippen LogP contribution in [0.1, 0.15) is 25.2 Å². The van der Waals surface area contributed by atoms with Gasteiger partial charge in [-0.15, -0.1) is 11.8 Å². The molecule has 0 spiro atoms. The highest BCUT2D eigenvalue weighted by Crippen LogP contribution is 2.18. The molecule has 0 fully saturated rings. The number of nitrogens with zero attached hydrogens (tertiary/aromatic N) is 3. The first-order valence-corrected chi connectivity index (χ1v) is 8.64. The number of hydrogen-bond donors (Lipinski definition) is 0. The number of amides is 1. The van der Waals surface area contributed by atoms with Gasteiger partial charge in [0.05, 0.1) is 0 Å². The Kier molecular flexibility index (Phi) is 5.66. The Balaban J connectivity index is 2.12. The molecule has 22 heavy (non-hydrogen) atoms. The standard InChI is InChI=1S/C17H23N3OS/c1-13(2)20(11-15-6-5-7-16(10-15)22-4)17(21)12-19-9-8-18-14(19)3/h5-10,13H,11-12H2,1-4H3. The normalized spacial score (nSPS) is 11.0. The second-order valence-electron chi connectivity index (χ2n) is 5.57. The van der Waals surface area contributed by atoms with Crippen LogP contribution < -0.4 is 0 Å². The van der Waals surface area contributed by atoms with Crippen LogP contribution >= 0.6 is 11.8 Å². The highest BCUT2D eigenvalue weighted by atomic mass is 32.2. The van der Waals surface area contributed by atoms with Crippen molar-refractivity contribution in [1.82, 2.24) is 14.5 Å². The first-order chi connectivity index (χ1) is 10.5. The number of benzene rings is 1. The van der Waals surface area contributed by atoms with E-state index in [0.29, 0.717) is 13.1 Å². The van der Waals surface area contributed by atoms with Crippen molar-refractivity contribution in [2.45, 2.75) is 44.8 Å². The van der Waals surface area contributed by atoms with Gasteiger partial charge in [0.2, 0.25) is 5.91 Å². The second kappa shape index (κ2) is 7.49. The van der Waals surface area contributed by atoms with E-state index in [1.165, 1.54) is 4.90 Å². The summed E-state index contributed by atoms with van der Waals surface area (Å²) < 4.78 is 1.88. The monoisotopic (exact) mass is 317 g/mol. The zero-order valence-electron chi connectivity index (χ0n) is 13.6. The summed E-state index contributed by atoms with van der Waals surface area (Å²) in [6.45, 7) is 6.99. The van der Waals surface area contributed by atoms with E-state index in [1.54, 1.807) is 18.0 Å². The van der Waals surface area contributed by atoms with E-state index in [0.717, 1.165) is 11.4 Å². The van der Waals surface area contributed by atoms with Crippen molar-refractivity contribution in [2.75, 3.05) is 6.26 Å². The van der Waals surface area contributed by atoms with Gasteiger partial charge in [0.25, 0.3) is 0 Å². The maximum Gasteiger partial charge on any atom is 0.243 e. The fourth-order valence-corrected chi connectivity index (χ4v) is 2.82. The zero-order valence-corrected chi connectivity index (χ0v) is 14.4. The number of hydrogen-bond acceptors (Lipinski definition) is 3. The van der Waals surface area contributed by atoms with Gasteiger partial charge in [-0.3, -0.25) is 4.79 Å². The topological polar surface area (TPSA) is 38.1 Å². The van der Waals surface area contributed by atoms with Gasteiger partial charge in [0, 0.05) is 29.9 Å². The van der Waals surface area contributed by atoms with Crippen LogP contribution in [0, 0.1) is 6.92 Å². The van der Waals surface area contributed by atoms with Crippen LogP contribution in [0.3, 0.4) is 0 Å². The average Bonchev–Trinajstić information content (AvgIpc) is 2.89. The molecule has 0 aliphatic carbocycles. The molecule has 4 nitrogen and oxygen atoms in total. The molecule has 0 aliphatic heterocycles. The summed E-state index contributed by atoms with van der Waals surface area (Å²) in [6.07, 6.45) is 5.64. The highest BCUT2D eigenvalue weighted by Gasteiger charge is 2.18. The predicted octanol–water partition coefficient (Wildman–Crippen LogP) is 3.35. The van der Waals surface area contributed by atoms with Gasteiger partial charge >= 0.3 is 0 Å². The first kappa shape index (κ1) is 16.6. The molecular formula is C17H23N3OS. The Hall–Kier alpha value is -1.75. The number of imidazole rings is 1. The molecule has 2 rings (SSSR count). The number of aromatic nitrogens is 2. The van der Waals surface area contributed by atoms with Gasteiger partial charge in [-0.05, 0) is 44.7 Å². The summed E-state index contributed by atoms with van der Waals surface area (Å²) in [6, 6.07) is 8.52. The number of thioether (sulfide) groups is 1. The summed E-state index contributed by atoms with van der Waals surface area (Å²) >= 11 is 1.72. The van der Waals surface area contributed by atoms with Crippen LogP contribution in [0.5, 0.6) is 0 Å². The molecule has 1 aromatic heterocycles. The van der Waals surface area contributed by atoms with Gasteiger partial charge in [-0.25, -0.2) is 4.98 Å². The Bertz CT molecular complexity index is 636. The van der Waals surface area contributed by atoms with Crippen LogP contribution in [-0.4, -0.2) is 32.7 Å². The molecule has 1 aromatic carbocycles. The third kappa shape index (κ3) is 4.13. The van der Waals surface area contributed by atoms with E-state index in [-0.39, 0.29) is 11.9 Å². The van der Waals surface area contributed by atoms with E-state index in [2.05, 4.69) is 43.3 Å². The number of rotatable bonds is 6.